The van der Waals surface area contributed by atoms with Crippen molar-refractivity contribution in [2.45, 2.75) is 52.9 Å². The Morgan fingerprint density at radius 2 is 1.94 bits per heavy atom. The molecule has 0 aliphatic rings. The molecule has 0 saturated carbocycles. The minimum atomic E-state index is -0.851. The van der Waals surface area contributed by atoms with Gasteiger partial charge in [0, 0.05) is 0 Å². The molecule has 0 saturated heterocycles. The van der Waals surface area contributed by atoms with Gasteiger partial charge >= 0.3 is 6.16 Å². The minimum absolute atomic E-state index is 0.368. The van der Waals surface area contributed by atoms with E-state index in [9.17, 15) is 4.79 Å². The molecule has 0 aromatic rings. The number of carbonyl (C=O) groups excluding carboxylic acids is 1. The molecule has 0 aromatic carbocycles. The fraction of sp³-hybridized carbons (Fsp3) is 0.917. The highest BCUT2D eigenvalue weighted by Gasteiger charge is 2.11. The van der Waals surface area contributed by atoms with Crippen LogP contribution in [0.3, 0.4) is 0 Å². The first-order valence-corrected chi connectivity index (χ1v) is 6.37. The average molecular weight is 248 g/mol. The summed E-state index contributed by atoms with van der Waals surface area (Å²) in [7, 11) is 0. The van der Waals surface area contributed by atoms with Gasteiger partial charge < -0.3 is 4.74 Å². The van der Waals surface area contributed by atoms with E-state index < -0.39 is 6.16 Å². The van der Waals surface area contributed by atoms with Crippen molar-refractivity contribution in [1.29, 1.82) is 0 Å². The van der Waals surface area contributed by atoms with Crippen LogP contribution >= 0.6 is 0 Å². The van der Waals surface area contributed by atoms with Crippen molar-refractivity contribution in [3.63, 3.8) is 0 Å². The molecule has 0 N–H and O–H groups in total. The zero-order valence-corrected chi connectivity index (χ0v) is 11.1. The van der Waals surface area contributed by atoms with E-state index in [1.807, 2.05) is 6.92 Å². The van der Waals surface area contributed by atoms with Gasteiger partial charge in [0.15, 0.2) is 0 Å². The van der Waals surface area contributed by atoms with Crippen molar-refractivity contribution in [3.8, 4) is 0 Å². The fourth-order valence-corrected chi connectivity index (χ4v) is 1.28. The molecule has 1 atom stereocenters. The first-order chi connectivity index (χ1) is 8.24. The van der Waals surface area contributed by atoms with Gasteiger partial charge in [-0.2, -0.15) is 4.89 Å². The van der Waals surface area contributed by atoms with Gasteiger partial charge in [0.05, 0.1) is 13.2 Å². The summed E-state index contributed by atoms with van der Waals surface area (Å²) in [4.78, 5) is 19.8. The first kappa shape index (κ1) is 16.2. The first-order valence-electron chi connectivity index (χ1n) is 6.37. The largest absolute Gasteiger partial charge is 0.542 e. The number of rotatable bonds is 10. The summed E-state index contributed by atoms with van der Waals surface area (Å²) in [6, 6.07) is 0. The van der Waals surface area contributed by atoms with Gasteiger partial charge in [0.25, 0.3) is 0 Å². The molecule has 0 fully saturated rings. The van der Waals surface area contributed by atoms with Crippen molar-refractivity contribution >= 4 is 6.16 Å². The van der Waals surface area contributed by atoms with E-state index in [0.29, 0.717) is 19.1 Å². The molecule has 17 heavy (non-hydrogen) atoms. The molecule has 0 heterocycles. The second kappa shape index (κ2) is 11.7. The molecule has 0 aromatic heterocycles. The Balaban J connectivity index is 3.52. The standard InChI is InChI=1S/C12H24O5/c1-4-7-8-11(6-3)10-14-12(13)16-17-15-9-5-2/h11H,4-10H2,1-3H3. The van der Waals surface area contributed by atoms with Gasteiger partial charge in [0.2, 0.25) is 0 Å². The Morgan fingerprint density at radius 1 is 1.18 bits per heavy atom. The maximum Gasteiger partial charge on any atom is 0.542 e. The van der Waals surface area contributed by atoms with Crippen LogP contribution in [0.2, 0.25) is 0 Å². The van der Waals surface area contributed by atoms with Crippen molar-refractivity contribution in [2.75, 3.05) is 13.2 Å². The quantitative estimate of drug-likeness (QED) is 0.256. The predicted octanol–water partition coefficient (Wildman–Crippen LogP) is 3.63. The van der Waals surface area contributed by atoms with Gasteiger partial charge in [-0.25, -0.2) is 9.68 Å². The van der Waals surface area contributed by atoms with E-state index in [1.54, 1.807) is 0 Å². The third-order valence-corrected chi connectivity index (χ3v) is 2.42. The molecular formula is C12H24O5. The lowest BCUT2D eigenvalue weighted by Gasteiger charge is -2.13. The molecule has 0 aliphatic heterocycles. The molecular weight excluding hydrogens is 224 g/mol. The lowest BCUT2D eigenvalue weighted by Crippen LogP contribution is -2.15. The van der Waals surface area contributed by atoms with Gasteiger partial charge in [-0.05, 0) is 23.8 Å². The Kier molecular flexibility index (Phi) is 11.1. The smallest absolute Gasteiger partial charge is 0.432 e. The van der Waals surface area contributed by atoms with E-state index in [1.165, 1.54) is 0 Å². The van der Waals surface area contributed by atoms with Crippen LogP contribution in [0.4, 0.5) is 4.79 Å². The summed E-state index contributed by atoms with van der Waals surface area (Å²) >= 11 is 0. The molecule has 5 heteroatoms. The van der Waals surface area contributed by atoms with Gasteiger partial charge in [-0.15, -0.1) is 0 Å². The number of carbonyl (C=O) groups is 1. The Hall–Kier alpha value is -0.810. The van der Waals surface area contributed by atoms with Gasteiger partial charge in [-0.1, -0.05) is 40.0 Å². The lowest BCUT2D eigenvalue weighted by atomic mass is 10.0. The van der Waals surface area contributed by atoms with Gasteiger partial charge in [0.1, 0.15) is 0 Å². The molecule has 0 aliphatic carbocycles. The monoisotopic (exact) mass is 248 g/mol. The van der Waals surface area contributed by atoms with Crippen molar-refractivity contribution in [3.05, 3.63) is 0 Å². The third-order valence-electron chi connectivity index (χ3n) is 2.42. The molecule has 0 radical (unpaired) electrons. The normalized spacial score (nSPS) is 12.2. The second-order valence-electron chi connectivity index (χ2n) is 3.95. The van der Waals surface area contributed by atoms with Crippen LogP contribution in [-0.2, 0) is 19.6 Å². The Labute approximate surface area is 103 Å². The zero-order valence-electron chi connectivity index (χ0n) is 11.1. The molecule has 0 amide bonds. The van der Waals surface area contributed by atoms with Crippen LogP contribution in [-0.4, -0.2) is 19.4 Å². The van der Waals surface area contributed by atoms with Gasteiger partial charge in [-0.3, -0.25) is 0 Å². The fourth-order valence-electron chi connectivity index (χ4n) is 1.28. The van der Waals surface area contributed by atoms with E-state index in [0.717, 1.165) is 32.1 Å². The highest BCUT2D eigenvalue weighted by Crippen LogP contribution is 2.13. The van der Waals surface area contributed by atoms with Crippen molar-refractivity contribution in [2.24, 2.45) is 5.92 Å². The maximum atomic E-state index is 11.1. The van der Waals surface area contributed by atoms with E-state index in [4.69, 9.17) is 4.74 Å². The maximum absolute atomic E-state index is 11.1. The molecule has 0 rings (SSSR count). The highest BCUT2D eigenvalue weighted by atomic mass is 17.5. The number of ether oxygens (including phenoxy) is 1. The van der Waals surface area contributed by atoms with E-state index in [2.05, 4.69) is 28.7 Å². The Bertz CT molecular complexity index is 184. The minimum Gasteiger partial charge on any atom is -0.432 e. The number of unbranched alkanes of at least 4 members (excludes halogenated alkanes) is 1. The van der Waals surface area contributed by atoms with E-state index in [-0.39, 0.29) is 0 Å². The van der Waals surface area contributed by atoms with Crippen molar-refractivity contribution < 1.29 is 24.3 Å². The second-order valence-corrected chi connectivity index (χ2v) is 3.95. The summed E-state index contributed by atoms with van der Waals surface area (Å²) < 4.78 is 4.91. The van der Waals surface area contributed by atoms with Crippen LogP contribution in [0.15, 0.2) is 0 Å². The summed E-state index contributed by atoms with van der Waals surface area (Å²) in [5, 5.41) is 4.21. The predicted molar refractivity (Wildman–Crippen MR) is 63.1 cm³/mol. The summed E-state index contributed by atoms with van der Waals surface area (Å²) in [5.74, 6) is 0.388. The molecule has 5 nitrogen and oxygen atoms in total. The number of hydrogen-bond donors (Lipinski definition) is 0. The van der Waals surface area contributed by atoms with Crippen LogP contribution in [0.25, 0.3) is 0 Å². The van der Waals surface area contributed by atoms with E-state index >= 15 is 0 Å². The Morgan fingerprint density at radius 3 is 2.53 bits per heavy atom. The molecule has 1 unspecified atom stereocenters. The van der Waals surface area contributed by atoms with Crippen LogP contribution in [0.1, 0.15) is 52.9 Å². The summed E-state index contributed by atoms with van der Waals surface area (Å²) in [6.07, 6.45) is 4.28. The average Bonchev–Trinajstić information content (AvgIpc) is 2.35. The topological polar surface area (TPSA) is 54.0 Å². The van der Waals surface area contributed by atoms with Crippen LogP contribution < -0.4 is 0 Å². The van der Waals surface area contributed by atoms with Crippen LogP contribution in [0.5, 0.6) is 0 Å². The molecule has 0 spiro atoms. The zero-order chi connectivity index (χ0) is 12.9. The van der Waals surface area contributed by atoms with Crippen LogP contribution in [0, 0.1) is 5.92 Å². The van der Waals surface area contributed by atoms with Crippen molar-refractivity contribution in [1.82, 2.24) is 0 Å². The molecule has 0 bridgehead atoms. The highest BCUT2D eigenvalue weighted by molar-refractivity contribution is 5.58. The summed E-state index contributed by atoms with van der Waals surface area (Å²) in [5.41, 5.74) is 0. The summed E-state index contributed by atoms with van der Waals surface area (Å²) in [6.45, 7) is 6.88. The molecule has 102 valence electrons. The SMILES string of the molecule is CCCCC(CC)COC(=O)OOOCCC. The lowest BCUT2D eigenvalue weighted by molar-refractivity contribution is -0.486. The third kappa shape index (κ3) is 10.1. The number of hydrogen-bond acceptors (Lipinski definition) is 5.